The summed E-state index contributed by atoms with van der Waals surface area (Å²) >= 11 is 0. The van der Waals surface area contributed by atoms with E-state index in [1.54, 1.807) is 0 Å². The van der Waals surface area contributed by atoms with Crippen molar-refractivity contribution in [2.24, 2.45) is 11.7 Å². The van der Waals surface area contributed by atoms with Gasteiger partial charge in [0.2, 0.25) is 0 Å². The number of rotatable bonds is 5. The van der Waals surface area contributed by atoms with Crippen molar-refractivity contribution in [1.82, 2.24) is 0 Å². The molecule has 3 nitrogen and oxygen atoms in total. The second-order valence-corrected chi connectivity index (χ2v) is 6.34. The van der Waals surface area contributed by atoms with Crippen molar-refractivity contribution >= 4 is 5.97 Å². The Morgan fingerprint density at radius 1 is 1.25 bits per heavy atom. The SMILES string of the molecule is CCC(C)C(C(=O)OC(C)(C)C)c1ccc(CN)cc1. The van der Waals surface area contributed by atoms with Gasteiger partial charge in [-0.05, 0) is 37.8 Å². The van der Waals surface area contributed by atoms with Crippen molar-refractivity contribution in [3.63, 3.8) is 0 Å². The molecule has 0 heterocycles. The minimum Gasteiger partial charge on any atom is -0.459 e. The molecule has 0 saturated carbocycles. The Morgan fingerprint density at radius 3 is 2.20 bits per heavy atom. The predicted octanol–water partition coefficient (Wildman–Crippen LogP) is 3.62. The second kappa shape index (κ2) is 6.89. The van der Waals surface area contributed by atoms with Gasteiger partial charge in [0, 0.05) is 6.54 Å². The molecule has 0 saturated heterocycles. The maximum atomic E-state index is 12.5. The van der Waals surface area contributed by atoms with Crippen LogP contribution < -0.4 is 5.73 Å². The van der Waals surface area contributed by atoms with Crippen molar-refractivity contribution < 1.29 is 9.53 Å². The fourth-order valence-corrected chi connectivity index (χ4v) is 2.16. The Kier molecular flexibility index (Phi) is 5.75. The molecule has 1 aromatic rings. The summed E-state index contributed by atoms with van der Waals surface area (Å²) in [5.41, 5.74) is 7.23. The molecule has 112 valence electrons. The summed E-state index contributed by atoms with van der Waals surface area (Å²) in [7, 11) is 0. The highest BCUT2D eigenvalue weighted by molar-refractivity contribution is 5.79. The molecule has 0 spiro atoms. The summed E-state index contributed by atoms with van der Waals surface area (Å²) in [6.07, 6.45) is 0.933. The standard InChI is InChI=1S/C17H27NO2/c1-6-12(2)15(16(19)20-17(3,4)5)14-9-7-13(11-18)8-10-14/h7-10,12,15H,6,11,18H2,1-5H3. The van der Waals surface area contributed by atoms with Crippen LogP contribution in [0.5, 0.6) is 0 Å². The van der Waals surface area contributed by atoms with E-state index in [2.05, 4.69) is 13.8 Å². The lowest BCUT2D eigenvalue weighted by atomic mass is 9.85. The third kappa shape index (κ3) is 4.64. The summed E-state index contributed by atoms with van der Waals surface area (Å²) < 4.78 is 5.57. The van der Waals surface area contributed by atoms with Crippen LogP contribution >= 0.6 is 0 Å². The van der Waals surface area contributed by atoms with Crippen molar-refractivity contribution in [3.8, 4) is 0 Å². The van der Waals surface area contributed by atoms with Gasteiger partial charge in [0.15, 0.2) is 0 Å². The van der Waals surface area contributed by atoms with Crippen molar-refractivity contribution in [1.29, 1.82) is 0 Å². The Hall–Kier alpha value is -1.35. The van der Waals surface area contributed by atoms with E-state index in [0.717, 1.165) is 17.5 Å². The Labute approximate surface area is 122 Å². The highest BCUT2D eigenvalue weighted by Crippen LogP contribution is 2.30. The normalized spacial score (nSPS) is 14.7. The van der Waals surface area contributed by atoms with Crippen LogP contribution in [0.15, 0.2) is 24.3 Å². The molecule has 0 aliphatic carbocycles. The van der Waals surface area contributed by atoms with Gasteiger partial charge in [-0.1, -0.05) is 44.5 Å². The van der Waals surface area contributed by atoms with Crippen molar-refractivity contribution in [3.05, 3.63) is 35.4 Å². The minimum absolute atomic E-state index is 0.146. The summed E-state index contributed by atoms with van der Waals surface area (Å²) in [6, 6.07) is 7.94. The molecule has 0 radical (unpaired) electrons. The minimum atomic E-state index is -0.458. The fourth-order valence-electron chi connectivity index (χ4n) is 2.16. The lowest BCUT2D eigenvalue weighted by molar-refractivity contribution is -0.158. The molecule has 2 N–H and O–H groups in total. The van der Waals surface area contributed by atoms with Gasteiger partial charge in [0.05, 0.1) is 5.92 Å². The Morgan fingerprint density at radius 2 is 1.80 bits per heavy atom. The maximum Gasteiger partial charge on any atom is 0.314 e. The highest BCUT2D eigenvalue weighted by atomic mass is 16.6. The van der Waals surface area contributed by atoms with Gasteiger partial charge < -0.3 is 10.5 Å². The number of benzene rings is 1. The molecule has 1 aromatic carbocycles. The zero-order chi connectivity index (χ0) is 15.3. The van der Waals surface area contributed by atoms with E-state index in [0.29, 0.717) is 6.54 Å². The molecule has 3 heteroatoms. The number of carbonyl (C=O) groups excluding carboxylic acids is 1. The first-order chi connectivity index (χ1) is 9.28. The third-order valence-electron chi connectivity index (χ3n) is 3.45. The first-order valence-electron chi connectivity index (χ1n) is 7.30. The molecular formula is C17H27NO2. The quantitative estimate of drug-likeness (QED) is 0.836. The first kappa shape index (κ1) is 16.7. The number of hydrogen-bond donors (Lipinski definition) is 1. The zero-order valence-corrected chi connectivity index (χ0v) is 13.3. The van der Waals surface area contributed by atoms with Crippen LogP contribution in [0.3, 0.4) is 0 Å². The largest absolute Gasteiger partial charge is 0.459 e. The number of ether oxygens (including phenoxy) is 1. The van der Waals surface area contributed by atoms with Crippen LogP contribution in [0.25, 0.3) is 0 Å². The summed E-state index contributed by atoms with van der Waals surface area (Å²) in [5.74, 6) is -0.119. The molecule has 1 rings (SSSR count). The van der Waals surface area contributed by atoms with Crippen molar-refractivity contribution in [2.45, 2.75) is 59.1 Å². The molecule has 0 amide bonds. The van der Waals surface area contributed by atoms with Crippen LogP contribution in [0, 0.1) is 5.92 Å². The van der Waals surface area contributed by atoms with Gasteiger partial charge in [0.25, 0.3) is 0 Å². The molecule has 0 bridgehead atoms. The maximum absolute atomic E-state index is 12.5. The molecular weight excluding hydrogens is 250 g/mol. The van der Waals surface area contributed by atoms with Crippen LogP contribution in [-0.2, 0) is 16.1 Å². The van der Waals surface area contributed by atoms with E-state index in [1.807, 2.05) is 45.0 Å². The molecule has 0 aliphatic heterocycles. The summed E-state index contributed by atoms with van der Waals surface area (Å²) in [6.45, 7) is 10.4. The van der Waals surface area contributed by atoms with Crippen molar-refractivity contribution in [2.75, 3.05) is 0 Å². The zero-order valence-electron chi connectivity index (χ0n) is 13.3. The lowest BCUT2D eigenvalue weighted by Crippen LogP contribution is -2.30. The number of nitrogens with two attached hydrogens (primary N) is 1. The van der Waals surface area contributed by atoms with Gasteiger partial charge in [-0.3, -0.25) is 4.79 Å². The monoisotopic (exact) mass is 277 g/mol. The van der Waals surface area contributed by atoms with E-state index >= 15 is 0 Å². The summed E-state index contributed by atoms with van der Waals surface area (Å²) in [4.78, 5) is 12.5. The molecule has 0 aliphatic rings. The average Bonchev–Trinajstić information content (AvgIpc) is 2.37. The van der Waals surface area contributed by atoms with E-state index in [4.69, 9.17) is 10.5 Å². The van der Waals surface area contributed by atoms with Gasteiger partial charge in [0.1, 0.15) is 5.60 Å². The van der Waals surface area contributed by atoms with Crippen LogP contribution in [0.2, 0.25) is 0 Å². The Balaban J connectivity index is 3.02. The number of hydrogen-bond acceptors (Lipinski definition) is 3. The molecule has 0 aromatic heterocycles. The summed E-state index contributed by atoms with van der Waals surface area (Å²) in [5, 5.41) is 0. The molecule has 2 unspecified atom stereocenters. The van der Waals surface area contributed by atoms with Crippen LogP contribution in [0.1, 0.15) is 58.1 Å². The van der Waals surface area contributed by atoms with E-state index in [-0.39, 0.29) is 17.8 Å². The number of carbonyl (C=O) groups is 1. The lowest BCUT2D eigenvalue weighted by Gasteiger charge is -2.27. The topological polar surface area (TPSA) is 52.3 Å². The van der Waals surface area contributed by atoms with E-state index in [1.165, 1.54) is 0 Å². The van der Waals surface area contributed by atoms with Gasteiger partial charge >= 0.3 is 5.97 Å². The third-order valence-corrected chi connectivity index (χ3v) is 3.45. The second-order valence-electron chi connectivity index (χ2n) is 6.34. The van der Waals surface area contributed by atoms with Gasteiger partial charge in [-0.2, -0.15) is 0 Å². The average molecular weight is 277 g/mol. The highest BCUT2D eigenvalue weighted by Gasteiger charge is 2.30. The van der Waals surface area contributed by atoms with Gasteiger partial charge in [-0.25, -0.2) is 0 Å². The number of esters is 1. The molecule has 0 fully saturated rings. The Bertz CT molecular complexity index is 431. The van der Waals surface area contributed by atoms with E-state index in [9.17, 15) is 4.79 Å². The van der Waals surface area contributed by atoms with Crippen LogP contribution in [-0.4, -0.2) is 11.6 Å². The van der Waals surface area contributed by atoms with Gasteiger partial charge in [-0.15, -0.1) is 0 Å². The molecule has 2 atom stereocenters. The smallest absolute Gasteiger partial charge is 0.314 e. The first-order valence-corrected chi connectivity index (χ1v) is 7.30. The van der Waals surface area contributed by atoms with E-state index < -0.39 is 5.60 Å². The molecule has 20 heavy (non-hydrogen) atoms. The van der Waals surface area contributed by atoms with Crippen LogP contribution in [0.4, 0.5) is 0 Å². The fraction of sp³-hybridized carbons (Fsp3) is 0.588. The predicted molar refractivity (Wildman–Crippen MR) is 82.4 cm³/mol.